The highest BCUT2D eigenvalue weighted by atomic mass is 127. The Kier molecular flexibility index (Phi) is 4.73. The van der Waals surface area contributed by atoms with Crippen LogP contribution in [-0.4, -0.2) is 16.0 Å². The molecule has 0 aliphatic heterocycles. The monoisotopic (exact) mass is 399 g/mol. The average molecular weight is 399 g/mol. The highest BCUT2D eigenvalue weighted by Crippen LogP contribution is 2.29. The molecule has 0 bridgehead atoms. The summed E-state index contributed by atoms with van der Waals surface area (Å²) >= 11 is 1.96. The number of hydrogen-bond acceptors (Lipinski definition) is 4. The molecule has 1 N–H and O–H groups in total. The van der Waals surface area contributed by atoms with E-state index in [9.17, 15) is 14.9 Å². The van der Waals surface area contributed by atoms with Crippen LogP contribution in [0.5, 0.6) is 11.5 Å². The van der Waals surface area contributed by atoms with Crippen LogP contribution in [0.2, 0.25) is 0 Å². The number of nitro groups is 1. The quantitative estimate of drug-likeness (QED) is 0.471. The van der Waals surface area contributed by atoms with E-state index >= 15 is 0 Å². The number of nitro benzene ring substituents is 1. The summed E-state index contributed by atoms with van der Waals surface area (Å²) in [6, 6.07) is 11.0. The average Bonchev–Trinajstić information content (AvgIpc) is 2.42. The SMILES string of the molecule is O=C(O)Cc1ccc(Oc2ccc([N+](=O)[O-])cc2I)cc1. The maximum atomic E-state index is 10.7. The highest BCUT2D eigenvalue weighted by Gasteiger charge is 2.10. The van der Waals surface area contributed by atoms with Gasteiger partial charge in [-0.2, -0.15) is 0 Å². The normalized spacial score (nSPS) is 10.1. The summed E-state index contributed by atoms with van der Waals surface area (Å²) in [5.41, 5.74) is 0.678. The Morgan fingerprint density at radius 1 is 1.24 bits per heavy atom. The lowest BCUT2D eigenvalue weighted by atomic mass is 10.1. The zero-order chi connectivity index (χ0) is 15.4. The number of ether oxygens (including phenoxy) is 1. The van der Waals surface area contributed by atoms with Crippen molar-refractivity contribution < 1.29 is 19.6 Å². The molecule has 0 aliphatic carbocycles. The summed E-state index contributed by atoms with van der Waals surface area (Å²) in [6.45, 7) is 0. The van der Waals surface area contributed by atoms with Crippen molar-refractivity contribution >= 4 is 34.2 Å². The molecule has 0 aliphatic rings. The van der Waals surface area contributed by atoms with Crippen LogP contribution in [0, 0.1) is 13.7 Å². The van der Waals surface area contributed by atoms with Crippen molar-refractivity contribution in [2.45, 2.75) is 6.42 Å². The Morgan fingerprint density at radius 3 is 2.43 bits per heavy atom. The predicted molar refractivity (Wildman–Crippen MR) is 83.7 cm³/mol. The van der Waals surface area contributed by atoms with E-state index in [1.54, 1.807) is 24.3 Å². The summed E-state index contributed by atoms with van der Waals surface area (Å²) in [4.78, 5) is 20.8. The third-order valence-electron chi connectivity index (χ3n) is 2.63. The molecule has 0 atom stereocenters. The topological polar surface area (TPSA) is 89.7 Å². The summed E-state index contributed by atoms with van der Waals surface area (Å²) in [5, 5.41) is 19.4. The maximum Gasteiger partial charge on any atom is 0.307 e. The number of non-ortho nitro benzene ring substituents is 1. The van der Waals surface area contributed by atoms with E-state index < -0.39 is 10.9 Å². The van der Waals surface area contributed by atoms with Gasteiger partial charge in [0.25, 0.3) is 5.69 Å². The molecule has 2 rings (SSSR count). The molecule has 0 fully saturated rings. The molecule has 6 nitrogen and oxygen atoms in total. The molecule has 7 heteroatoms. The summed E-state index contributed by atoms with van der Waals surface area (Å²) < 4.78 is 6.25. The Bertz CT molecular complexity index is 684. The largest absolute Gasteiger partial charge is 0.481 e. The fraction of sp³-hybridized carbons (Fsp3) is 0.0714. The van der Waals surface area contributed by atoms with Gasteiger partial charge in [0.2, 0.25) is 0 Å². The molecule has 0 saturated heterocycles. The number of hydrogen-bond donors (Lipinski definition) is 1. The maximum absolute atomic E-state index is 10.7. The van der Waals surface area contributed by atoms with Gasteiger partial charge >= 0.3 is 5.97 Å². The molecular formula is C14H10INO5. The van der Waals surface area contributed by atoms with Crippen molar-refractivity contribution in [3.8, 4) is 11.5 Å². The third kappa shape index (κ3) is 4.15. The summed E-state index contributed by atoms with van der Waals surface area (Å²) in [5.74, 6) is 0.150. The minimum Gasteiger partial charge on any atom is -0.481 e. The molecule has 0 heterocycles. The van der Waals surface area contributed by atoms with Gasteiger partial charge < -0.3 is 9.84 Å². The second-order valence-corrected chi connectivity index (χ2v) is 5.35. The van der Waals surface area contributed by atoms with Gasteiger partial charge in [0, 0.05) is 12.1 Å². The van der Waals surface area contributed by atoms with Crippen LogP contribution in [0.15, 0.2) is 42.5 Å². The first kappa shape index (κ1) is 15.2. The molecule has 0 aromatic heterocycles. The minimum absolute atomic E-state index is 0.00329. The van der Waals surface area contributed by atoms with E-state index in [0.29, 0.717) is 20.6 Å². The van der Waals surface area contributed by atoms with Gasteiger partial charge in [-0.3, -0.25) is 14.9 Å². The van der Waals surface area contributed by atoms with Crippen LogP contribution in [0.25, 0.3) is 0 Å². The molecule has 0 unspecified atom stereocenters. The van der Waals surface area contributed by atoms with E-state index in [-0.39, 0.29) is 12.1 Å². The summed E-state index contributed by atoms with van der Waals surface area (Å²) in [7, 11) is 0. The lowest BCUT2D eigenvalue weighted by molar-refractivity contribution is -0.385. The Morgan fingerprint density at radius 2 is 1.90 bits per heavy atom. The van der Waals surface area contributed by atoms with Gasteiger partial charge in [0.1, 0.15) is 11.5 Å². The number of benzene rings is 2. The zero-order valence-corrected chi connectivity index (χ0v) is 12.8. The number of halogens is 1. The van der Waals surface area contributed by atoms with Gasteiger partial charge in [-0.25, -0.2) is 0 Å². The number of carboxylic acid groups (broad SMARTS) is 1. The van der Waals surface area contributed by atoms with E-state index in [2.05, 4.69) is 0 Å². The van der Waals surface area contributed by atoms with Crippen LogP contribution in [0.4, 0.5) is 5.69 Å². The Balaban J connectivity index is 2.14. The number of carboxylic acids is 1. The number of rotatable bonds is 5. The predicted octanol–water partition coefficient (Wildman–Crippen LogP) is 3.62. The van der Waals surface area contributed by atoms with E-state index in [1.165, 1.54) is 18.2 Å². The molecule has 0 radical (unpaired) electrons. The van der Waals surface area contributed by atoms with E-state index in [0.717, 1.165) is 0 Å². The molecule has 21 heavy (non-hydrogen) atoms. The first-order chi connectivity index (χ1) is 9.95. The molecule has 0 saturated carbocycles. The molecular weight excluding hydrogens is 389 g/mol. The lowest BCUT2D eigenvalue weighted by Crippen LogP contribution is -1.99. The number of carbonyl (C=O) groups is 1. The molecule has 0 spiro atoms. The van der Waals surface area contributed by atoms with Gasteiger partial charge in [-0.1, -0.05) is 12.1 Å². The van der Waals surface area contributed by atoms with E-state index in [4.69, 9.17) is 9.84 Å². The highest BCUT2D eigenvalue weighted by molar-refractivity contribution is 14.1. The van der Waals surface area contributed by atoms with Crippen LogP contribution >= 0.6 is 22.6 Å². The summed E-state index contributed by atoms with van der Waals surface area (Å²) in [6.07, 6.45) is -0.0463. The number of nitrogens with zero attached hydrogens (tertiary/aromatic N) is 1. The van der Waals surface area contributed by atoms with E-state index in [1.807, 2.05) is 22.6 Å². The van der Waals surface area contributed by atoms with Gasteiger partial charge in [-0.15, -0.1) is 0 Å². The van der Waals surface area contributed by atoms with Crippen LogP contribution in [-0.2, 0) is 11.2 Å². The van der Waals surface area contributed by atoms with Gasteiger partial charge in [-0.05, 0) is 46.4 Å². The lowest BCUT2D eigenvalue weighted by Gasteiger charge is -2.08. The molecule has 2 aromatic carbocycles. The molecule has 108 valence electrons. The second-order valence-electron chi connectivity index (χ2n) is 4.19. The van der Waals surface area contributed by atoms with Gasteiger partial charge in [0.15, 0.2) is 0 Å². The van der Waals surface area contributed by atoms with Crippen molar-refractivity contribution in [2.24, 2.45) is 0 Å². The smallest absolute Gasteiger partial charge is 0.307 e. The molecule has 2 aromatic rings. The first-order valence-corrected chi connectivity index (χ1v) is 6.96. The zero-order valence-electron chi connectivity index (χ0n) is 10.7. The second kappa shape index (κ2) is 6.53. The van der Waals surface area contributed by atoms with Crippen molar-refractivity contribution in [1.82, 2.24) is 0 Å². The fourth-order valence-corrected chi connectivity index (χ4v) is 2.27. The standard InChI is InChI=1S/C14H10INO5/c15-12-8-10(16(19)20)3-6-13(12)21-11-4-1-9(2-5-11)7-14(17)18/h1-6,8H,7H2,(H,17,18). The van der Waals surface area contributed by atoms with Crippen molar-refractivity contribution in [3.63, 3.8) is 0 Å². The first-order valence-electron chi connectivity index (χ1n) is 5.88. The van der Waals surface area contributed by atoms with Crippen LogP contribution in [0.1, 0.15) is 5.56 Å². The molecule has 0 amide bonds. The van der Waals surface area contributed by atoms with Crippen LogP contribution < -0.4 is 4.74 Å². The van der Waals surface area contributed by atoms with Crippen LogP contribution in [0.3, 0.4) is 0 Å². The Labute approximate surface area is 133 Å². The Hall–Kier alpha value is -2.16. The fourth-order valence-electron chi connectivity index (χ4n) is 1.66. The van der Waals surface area contributed by atoms with Crippen molar-refractivity contribution in [2.75, 3.05) is 0 Å². The van der Waals surface area contributed by atoms with Crippen molar-refractivity contribution in [1.29, 1.82) is 0 Å². The van der Waals surface area contributed by atoms with Crippen molar-refractivity contribution in [3.05, 3.63) is 61.7 Å². The van der Waals surface area contributed by atoms with Gasteiger partial charge in [0.05, 0.1) is 14.9 Å². The number of aliphatic carboxylic acids is 1. The third-order valence-corrected chi connectivity index (χ3v) is 3.48. The minimum atomic E-state index is -0.895.